The summed E-state index contributed by atoms with van der Waals surface area (Å²) in [6.07, 6.45) is 4.10. The van der Waals surface area contributed by atoms with Gasteiger partial charge in [-0.15, -0.1) is 0 Å². The van der Waals surface area contributed by atoms with Crippen LogP contribution in [0.3, 0.4) is 0 Å². The molecule has 3 amide bonds. The molecular weight excluding hydrogens is 430 g/mol. The largest absolute Gasteiger partial charge is 0.343 e. The number of carbonyl (C=O) groups is 3. The molecule has 0 radical (unpaired) electrons. The number of hydrogen-bond donors (Lipinski definition) is 1. The zero-order chi connectivity index (χ0) is 23.8. The van der Waals surface area contributed by atoms with Crippen LogP contribution in [0.1, 0.15) is 28.9 Å². The fourth-order valence-electron chi connectivity index (χ4n) is 4.60. The highest BCUT2D eigenvalue weighted by Gasteiger charge is 2.31. The van der Waals surface area contributed by atoms with Crippen molar-refractivity contribution in [3.05, 3.63) is 66.0 Å². The van der Waals surface area contributed by atoms with Gasteiger partial charge in [-0.3, -0.25) is 24.3 Å². The van der Waals surface area contributed by atoms with E-state index < -0.39 is 0 Å². The molecule has 0 bridgehead atoms. The molecule has 2 aliphatic heterocycles. The molecule has 180 valence electrons. The molecule has 1 aromatic heterocycles. The van der Waals surface area contributed by atoms with E-state index in [0.29, 0.717) is 31.5 Å². The molecule has 0 spiro atoms. The van der Waals surface area contributed by atoms with Gasteiger partial charge >= 0.3 is 0 Å². The number of piperidine rings is 1. The van der Waals surface area contributed by atoms with Gasteiger partial charge < -0.3 is 15.1 Å². The van der Waals surface area contributed by atoms with Crippen LogP contribution in [-0.4, -0.2) is 89.8 Å². The maximum atomic E-state index is 13.0. The Hall–Kier alpha value is -3.26. The molecule has 0 aliphatic carbocycles. The van der Waals surface area contributed by atoms with Gasteiger partial charge in [0.15, 0.2) is 0 Å². The predicted molar refractivity (Wildman–Crippen MR) is 129 cm³/mol. The Kier molecular flexibility index (Phi) is 8.25. The summed E-state index contributed by atoms with van der Waals surface area (Å²) >= 11 is 0. The molecule has 2 aromatic rings. The van der Waals surface area contributed by atoms with E-state index in [2.05, 4.69) is 15.2 Å². The highest BCUT2D eigenvalue weighted by Crippen LogP contribution is 2.21. The van der Waals surface area contributed by atoms with Gasteiger partial charge in [0.2, 0.25) is 11.8 Å². The number of nitrogens with zero attached hydrogens (tertiary/aromatic N) is 4. The highest BCUT2D eigenvalue weighted by molar-refractivity contribution is 5.96. The molecule has 1 N–H and O–H groups in total. The van der Waals surface area contributed by atoms with Crippen LogP contribution in [0.25, 0.3) is 0 Å². The van der Waals surface area contributed by atoms with E-state index in [-0.39, 0.29) is 30.2 Å². The zero-order valence-corrected chi connectivity index (χ0v) is 19.6. The topological polar surface area (TPSA) is 85.8 Å². The van der Waals surface area contributed by atoms with E-state index in [0.717, 1.165) is 44.8 Å². The quantitative estimate of drug-likeness (QED) is 0.672. The van der Waals surface area contributed by atoms with Gasteiger partial charge in [0.1, 0.15) is 0 Å². The average Bonchev–Trinajstić information content (AvgIpc) is 2.91. The number of benzene rings is 1. The van der Waals surface area contributed by atoms with Crippen LogP contribution < -0.4 is 5.32 Å². The Bertz CT molecular complexity index is 953. The van der Waals surface area contributed by atoms with Gasteiger partial charge in [0, 0.05) is 75.6 Å². The number of piperazine rings is 1. The first-order chi connectivity index (χ1) is 16.6. The Morgan fingerprint density at radius 2 is 1.56 bits per heavy atom. The molecule has 0 atom stereocenters. The lowest BCUT2D eigenvalue weighted by molar-refractivity contribution is -0.141. The van der Waals surface area contributed by atoms with Crippen molar-refractivity contribution in [2.75, 3.05) is 52.4 Å². The number of nitrogens with one attached hydrogen (secondary N) is 1. The number of rotatable bonds is 7. The van der Waals surface area contributed by atoms with Gasteiger partial charge in [-0.05, 0) is 37.1 Å². The summed E-state index contributed by atoms with van der Waals surface area (Å²) in [6.45, 7) is 5.33. The van der Waals surface area contributed by atoms with Crippen LogP contribution in [-0.2, 0) is 16.0 Å². The Balaban J connectivity index is 1.14. The van der Waals surface area contributed by atoms with Crippen molar-refractivity contribution in [1.82, 2.24) is 25.0 Å². The molecule has 8 heteroatoms. The highest BCUT2D eigenvalue weighted by atomic mass is 16.2. The second-order valence-corrected chi connectivity index (χ2v) is 8.94. The Morgan fingerprint density at radius 1 is 0.853 bits per heavy atom. The summed E-state index contributed by atoms with van der Waals surface area (Å²) in [5.74, 6) is -0.160. The van der Waals surface area contributed by atoms with Gasteiger partial charge in [0.25, 0.3) is 5.91 Å². The molecule has 8 nitrogen and oxygen atoms in total. The van der Waals surface area contributed by atoms with Crippen molar-refractivity contribution in [2.45, 2.75) is 19.3 Å². The molecule has 2 aliphatic rings. The van der Waals surface area contributed by atoms with E-state index in [4.69, 9.17) is 0 Å². The van der Waals surface area contributed by atoms with Crippen molar-refractivity contribution >= 4 is 17.7 Å². The number of aromatic nitrogens is 1. The summed E-state index contributed by atoms with van der Waals surface area (Å²) < 4.78 is 0. The van der Waals surface area contributed by atoms with E-state index in [9.17, 15) is 14.4 Å². The lowest BCUT2D eigenvalue weighted by Crippen LogP contribution is -2.52. The number of hydrogen-bond acceptors (Lipinski definition) is 5. The molecular formula is C26H33N5O3. The lowest BCUT2D eigenvalue weighted by atomic mass is 9.95. The molecule has 0 saturated carbocycles. The van der Waals surface area contributed by atoms with Crippen molar-refractivity contribution in [3.8, 4) is 0 Å². The maximum absolute atomic E-state index is 13.0. The van der Waals surface area contributed by atoms with E-state index in [1.54, 1.807) is 29.2 Å². The average molecular weight is 464 g/mol. The SMILES string of the molecule is O=C(NCC(=O)N1CCC(C(=O)N2CCN(CCc3ccccn3)CC2)CC1)c1ccccc1. The second kappa shape index (κ2) is 11.7. The van der Waals surface area contributed by atoms with E-state index in [1.165, 1.54) is 0 Å². The smallest absolute Gasteiger partial charge is 0.251 e. The summed E-state index contributed by atoms with van der Waals surface area (Å²) in [5, 5.41) is 2.69. The maximum Gasteiger partial charge on any atom is 0.251 e. The third kappa shape index (κ3) is 6.41. The van der Waals surface area contributed by atoms with Crippen molar-refractivity contribution < 1.29 is 14.4 Å². The van der Waals surface area contributed by atoms with E-state index >= 15 is 0 Å². The summed E-state index contributed by atoms with van der Waals surface area (Å²) in [5.41, 5.74) is 1.64. The van der Waals surface area contributed by atoms with E-state index in [1.807, 2.05) is 35.4 Å². The number of amides is 3. The van der Waals surface area contributed by atoms with Crippen LogP contribution >= 0.6 is 0 Å². The molecule has 2 saturated heterocycles. The number of likely N-dealkylation sites (tertiary alicyclic amines) is 1. The van der Waals surface area contributed by atoms with Crippen LogP contribution in [0.5, 0.6) is 0 Å². The molecule has 3 heterocycles. The number of carbonyl (C=O) groups excluding carboxylic acids is 3. The fourth-order valence-corrected chi connectivity index (χ4v) is 4.60. The second-order valence-electron chi connectivity index (χ2n) is 8.94. The normalized spacial score (nSPS) is 17.4. The minimum atomic E-state index is -0.252. The van der Waals surface area contributed by atoms with Gasteiger partial charge in [-0.1, -0.05) is 24.3 Å². The zero-order valence-electron chi connectivity index (χ0n) is 19.6. The molecule has 1 aromatic carbocycles. The minimum absolute atomic E-state index is 0.0210. The third-order valence-electron chi connectivity index (χ3n) is 6.73. The molecule has 0 unspecified atom stereocenters. The first kappa shape index (κ1) is 23.9. The van der Waals surface area contributed by atoms with Crippen LogP contribution in [0.4, 0.5) is 0 Å². The van der Waals surface area contributed by atoms with Crippen LogP contribution in [0.2, 0.25) is 0 Å². The summed E-state index contributed by atoms with van der Waals surface area (Å²) in [4.78, 5) is 48.2. The predicted octanol–water partition coefficient (Wildman–Crippen LogP) is 1.44. The Morgan fingerprint density at radius 3 is 2.24 bits per heavy atom. The standard InChI is InChI=1S/C26H33N5O3/c32-24(20-28-25(33)21-6-2-1-3-7-21)30-14-9-22(10-15-30)26(34)31-18-16-29(17-19-31)13-11-23-8-4-5-12-27-23/h1-8,12,22H,9-11,13-20H2,(H,28,33). The van der Waals surface area contributed by atoms with Gasteiger partial charge in [-0.25, -0.2) is 0 Å². The van der Waals surface area contributed by atoms with Gasteiger partial charge in [-0.2, -0.15) is 0 Å². The van der Waals surface area contributed by atoms with Crippen molar-refractivity contribution in [3.63, 3.8) is 0 Å². The summed E-state index contributed by atoms with van der Waals surface area (Å²) in [7, 11) is 0. The lowest BCUT2D eigenvalue weighted by Gasteiger charge is -2.38. The number of pyridine rings is 1. The monoisotopic (exact) mass is 463 g/mol. The van der Waals surface area contributed by atoms with Crippen molar-refractivity contribution in [1.29, 1.82) is 0 Å². The molecule has 4 rings (SSSR count). The first-order valence-electron chi connectivity index (χ1n) is 12.1. The summed E-state index contributed by atoms with van der Waals surface area (Å²) in [6, 6.07) is 14.9. The molecule has 34 heavy (non-hydrogen) atoms. The molecule has 2 fully saturated rings. The van der Waals surface area contributed by atoms with Crippen LogP contribution in [0.15, 0.2) is 54.7 Å². The van der Waals surface area contributed by atoms with Crippen molar-refractivity contribution in [2.24, 2.45) is 5.92 Å². The fraction of sp³-hybridized carbons (Fsp3) is 0.462. The van der Waals surface area contributed by atoms with Gasteiger partial charge in [0.05, 0.1) is 6.54 Å². The minimum Gasteiger partial charge on any atom is -0.343 e. The first-order valence-corrected chi connectivity index (χ1v) is 12.1. The third-order valence-corrected chi connectivity index (χ3v) is 6.73. The Labute approximate surface area is 200 Å². The van der Waals surface area contributed by atoms with Crippen LogP contribution in [0, 0.1) is 5.92 Å².